The van der Waals surface area contributed by atoms with Gasteiger partial charge in [-0.25, -0.2) is 0 Å². The molecular formula is C17H26F3O3Y-. The largest absolute Gasteiger partial charge is 0.573 e. The fourth-order valence-electron chi connectivity index (χ4n) is 1.30. The number of benzene rings is 1. The van der Waals surface area contributed by atoms with E-state index in [2.05, 4.69) is 16.4 Å². The number of hydrogen-bond donors (Lipinski definition) is 0. The quantitative estimate of drug-likeness (QED) is 0.476. The average molecular weight is 424 g/mol. The zero-order chi connectivity index (χ0) is 18.7. The van der Waals surface area contributed by atoms with Crippen LogP contribution in [0.25, 0.3) is 0 Å². The first-order chi connectivity index (χ1) is 10.4. The van der Waals surface area contributed by atoms with E-state index in [9.17, 15) is 18.0 Å². The number of carbonyl (C=O) groups is 1. The molecule has 0 aliphatic heterocycles. The molecule has 0 heterocycles. The molecule has 0 saturated heterocycles. The average Bonchev–Trinajstić information content (AvgIpc) is 2.37. The summed E-state index contributed by atoms with van der Waals surface area (Å²) >= 11 is 0. The van der Waals surface area contributed by atoms with Gasteiger partial charge in [-0.3, -0.25) is 11.7 Å². The van der Waals surface area contributed by atoms with Crippen molar-refractivity contribution in [1.29, 1.82) is 0 Å². The predicted octanol–water partition coefficient (Wildman–Crippen LogP) is 5.33. The van der Waals surface area contributed by atoms with Crippen LogP contribution in [0.1, 0.15) is 47.1 Å². The van der Waals surface area contributed by atoms with Crippen molar-refractivity contribution in [3.05, 3.63) is 36.8 Å². The second-order valence-electron chi connectivity index (χ2n) is 5.14. The van der Waals surface area contributed by atoms with Gasteiger partial charge in [-0.2, -0.15) is 0 Å². The summed E-state index contributed by atoms with van der Waals surface area (Å²) in [5.74, 6) is -0.635. The zero-order valence-electron chi connectivity index (χ0n) is 15.2. The molecule has 0 amide bonds. The number of esters is 1. The summed E-state index contributed by atoms with van der Waals surface area (Å²) < 4.78 is 43.7. The Hall–Kier alpha value is -0.746. The first kappa shape index (κ1) is 28.1. The number of hydrogen-bond acceptors (Lipinski definition) is 3. The van der Waals surface area contributed by atoms with Crippen molar-refractivity contribution in [2.24, 2.45) is 0 Å². The zero-order valence-corrected chi connectivity index (χ0v) is 18.0. The Balaban J connectivity index is -0.000000350. The van der Waals surface area contributed by atoms with Gasteiger partial charge in [-0.1, -0.05) is 32.9 Å². The van der Waals surface area contributed by atoms with E-state index in [4.69, 9.17) is 0 Å². The third kappa shape index (κ3) is 19.3. The number of ether oxygens (including phenoxy) is 2. The minimum absolute atomic E-state index is 0. The molecule has 137 valence electrons. The van der Waals surface area contributed by atoms with E-state index in [1.165, 1.54) is 12.1 Å². The summed E-state index contributed by atoms with van der Waals surface area (Å²) in [5, 5.41) is 0. The number of carbonyl (C=O) groups excluding carboxylic acids is 1. The van der Waals surface area contributed by atoms with Crippen molar-refractivity contribution in [2.75, 3.05) is 0 Å². The molecule has 0 saturated carbocycles. The monoisotopic (exact) mass is 424 g/mol. The summed E-state index contributed by atoms with van der Waals surface area (Å²) in [6.07, 6.45) is -3.92. The number of alkyl halides is 3. The van der Waals surface area contributed by atoms with E-state index >= 15 is 0 Å². The van der Waals surface area contributed by atoms with Crippen LogP contribution in [0.2, 0.25) is 0 Å². The van der Waals surface area contributed by atoms with Crippen molar-refractivity contribution in [1.82, 2.24) is 0 Å². The molecule has 1 aromatic carbocycles. The van der Waals surface area contributed by atoms with E-state index in [-0.39, 0.29) is 38.5 Å². The van der Waals surface area contributed by atoms with Crippen molar-refractivity contribution in [2.45, 2.75) is 59.9 Å². The maximum Gasteiger partial charge on any atom is 0.573 e. The van der Waals surface area contributed by atoms with Crippen molar-refractivity contribution < 1.29 is 60.1 Å². The van der Waals surface area contributed by atoms with E-state index < -0.39 is 17.9 Å². The summed E-state index contributed by atoms with van der Waals surface area (Å²) in [5.41, 5.74) is 0.431. The van der Waals surface area contributed by atoms with Crippen LogP contribution >= 0.6 is 0 Å². The third-order valence-corrected chi connectivity index (χ3v) is 1.96. The van der Waals surface area contributed by atoms with E-state index in [1.54, 1.807) is 32.9 Å². The Morgan fingerprint density at radius 3 is 1.96 bits per heavy atom. The van der Waals surface area contributed by atoms with Gasteiger partial charge in [0.05, 0.1) is 0 Å². The molecule has 7 heteroatoms. The Morgan fingerprint density at radius 2 is 1.67 bits per heavy atom. The van der Waals surface area contributed by atoms with Crippen LogP contribution in [0.5, 0.6) is 5.75 Å². The van der Waals surface area contributed by atoms with Crippen LogP contribution in [-0.4, -0.2) is 17.9 Å². The van der Waals surface area contributed by atoms with Crippen LogP contribution in [-0.2, 0) is 48.7 Å². The Kier molecular flexibility index (Phi) is 15.8. The topological polar surface area (TPSA) is 35.5 Å². The SMILES string of the molecule is CC.CCc1cccc(OC(F)(F)F)c1.[CH2-]C(=O)OC(C)(C)C.[Y]. The second kappa shape index (κ2) is 13.5. The fourth-order valence-corrected chi connectivity index (χ4v) is 1.30. The summed E-state index contributed by atoms with van der Waals surface area (Å²) in [7, 11) is 0. The van der Waals surface area contributed by atoms with E-state index in [0.29, 0.717) is 6.42 Å². The van der Waals surface area contributed by atoms with Crippen LogP contribution in [0.3, 0.4) is 0 Å². The fraction of sp³-hybridized carbons (Fsp3) is 0.529. The first-order valence-corrected chi connectivity index (χ1v) is 7.32. The van der Waals surface area contributed by atoms with Crippen LogP contribution in [0.15, 0.2) is 24.3 Å². The molecule has 0 aliphatic carbocycles. The van der Waals surface area contributed by atoms with Gasteiger partial charge in [-0.05, 0) is 44.9 Å². The summed E-state index contributed by atoms with van der Waals surface area (Å²) in [4.78, 5) is 10.1. The molecule has 0 aromatic heterocycles. The van der Waals surface area contributed by atoms with E-state index in [0.717, 1.165) is 5.56 Å². The molecule has 1 aromatic rings. The Labute approximate surface area is 168 Å². The molecule has 24 heavy (non-hydrogen) atoms. The summed E-state index contributed by atoms with van der Waals surface area (Å²) in [6.45, 7) is 14.3. The molecule has 1 radical (unpaired) electrons. The van der Waals surface area contributed by atoms with Crippen LogP contribution in [0, 0.1) is 6.92 Å². The van der Waals surface area contributed by atoms with Crippen molar-refractivity contribution >= 4 is 5.97 Å². The Bertz CT molecular complexity index is 455. The van der Waals surface area contributed by atoms with Gasteiger partial charge in [0.2, 0.25) is 0 Å². The predicted molar refractivity (Wildman–Crippen MR) is 85.1 cm³/mol. The molecule has 3 nitrogen and oxygen atoms in total. The third-order valence-electron chi connectivity index (χ3n) is 1.96. The minimum Gasteiger partial charge on any atom is -0.483 e. The van der Waals surface area contributed by atoms with Crippen molar-refractivity contribution in [3.8, 4) is 5.75 Å². The van der Waals surface area contributed by atoms with Crippen molar-refractivity contribution in [3.63, 3.8) is 0 Å². The molecule has 0 bridgehead atoms. The van der Waals surface area contributed by atoms with Gasteiger partial charge in [0, 0.05) is 32.7 Å². The number of aryl methyl sites for hydroxylation is 1. The Morgan fingerprint density at radius 1 is 1.17 bits per heavy atom. The molecule has 0 N–H and O–H groups in total. The molecular weight excluding hydrogens is 398 g/mol. The van der Waals surface area contributed by atoms with Gasteiger partial charge in [0.25, 0.3) is 0 Å². The normalized spacial score (nSPS) is 10.0. The molecule has 0 atom stereocenters. The van der Waals surface area contributed by atoms with Gasteiger partial charge < -0.3 is 9.47 Å². The number of rotatable bonds is 2. The molecule has 1 rings (SSSR count). The molecule has 0 aliphatic rings. The first-order valence-electron chi connectivity index (χ1n) is 7.32. The summed E-state index contributed by atoms with van der Waals surface area (Å²) in [6, 6.07) is 5.96. The van der Waals surface area contributed by atoms with Gasteiger partial charge in [0.1, 0.15) is 11.4 Å². The van der Waals surface area contributed by atoms with Crippen LogP contribution in [0.4, 0.5) is 13.2 Å². The van der Waals surface area contributed by atoms with Gasteiger partial charge >= 0.3 is 6.36 Å². The van der Waals surface area contributed by atoms with E-state index in [1.807, 2.05) is 20.8 Å². The smallest absolute Gasteiger partial charge is 0.483 e. The molecule has 0 fully saturated rings. The maximum atomic E-state index is 11.8. The molecule has 0 spiro atoms. The molecule has 0 unspecified atom stereocenters. The van der Waals surface area contributed by atoms with Gasteiger partial charge in [-0.15, -0.1) is 13.2 Å². The van der Waals surface area contributed by atoms with Crippen LogP contribution < -0.4 is 4.74 Å². The minimum atomic E-state index is -4.60. The number of halogens is 3. The second-order valence-corrected chi connectivity index (χ2v) is 5.14. The standard InChI is InChI=1S/C9H9F3O.C6H11O2.C2H6.Y/c1-2-7-4-3-5-8(6-7)13-9(10,11)12;1-5(7)8-6(2,3)4;1-2;/h3-6H,2H2,1H3;1H2,2-4H3;1-2H3;/q;-1;;. The van der Waals surface area contributed by atoms with Gasteiger partial charge in [0.15, 0.2) is 5.97 Å². The maximum absolute atomic E-state index is 11.8.